The number of carbonyl (C=O) groups is 1. The number of benzene rings is 2. The van der Waals surface area contributed by atoms with Gasteiger partial charge in [-0.3, -0.25) is 0 Å². The smallest absolute Gasteiger partial charge is 0.331 e. The molecule has 0 aliphatic carbocycles. The maximum absolute atomic E-state index is 13.6. The first-order valence-corrected chi connectivity index (χ1v) is 13.0. The number of rotatable bonds is 8. The van der Waals surface area contributed by atoms with Gasteiger partial charge in [-0.25, -0.2) is 13.2 Å². The number of aliphatic carboxylic acids is 1. The number of para-hydroxylation sites is 1. The van der Waals surface area contributed by atoms with E-state index in [1.807, 2.05) is 47.6 Å². The summed E-state index contributed by atoms with van der Waals surface area (Å²) in [5.74, 6) is -0.849. The Morgan fingerprint density at radius 3 is 2.62 bits per heavy atom. The molecule has 1 unspecified atom stereocenters. The molecule has 1 N–H and O–H groups in total. The van der Waals surface area contributed by atoms with Gasteiger partial charge in [-0.05, 0) is 30.9 Å². The maximum Gasteiger partial charge on any atom is 0.331 e. The Morgan fingerprint density at radius 2 is 2.00 bits per heavy atom. The number of carboxylic acids is 1. The monoisotopic (exact) mass is 476 g/mol. The molecule has 172 valence electrons. The quantitative estimate of drug-likeness (QED) is 0.335. The number of sulfonamides is 1. The molecule has 7 nitrogen and oxygen atoms in total. The minimum atomic E-state index is -3.80. The number of hydrogen-bond donors (Lipinski definition) is 1. The van der Waals surface area contributed by atoms with Crippen molar-refractivity contribution in [3.05, 3.63) is 54.8 Å². The van der Waals surface area contributed by atoms with E-state index in [-0.39, 0.29) is 10.9 Å². The summed E-state index contributed by atoms with van der Waals surface area (Å²) in [7, 11) is -2.18. The van der Waals surface area contributed by atoms with Gasteiger partial charge in [-0.15, -0.1) is 11.8 Å². The molecule has 32 heavy (non-hydrogen) atoms. The fourth-order valence-electron chi connectivity index (χ4n) is 3.71. The molecule has 0 radical (unpaired) electrons. The number of nitrogens with zero attached hydrogens (tertiary/aromatic N) is 2. The van der Waals surface area contributed by atoms with Crippen LogP contribution in [0.4, 0.5) is 11.4 Å². The molecule has 0 fully saturated rings. The highest BCUT2D eigenvalue weighted by Gasteiger charge is 2.37. The Balaban J connectivity index is 2.20. The first-order valence-electron chi connectivity index (χ1n) is 10.4. The third-order valence-corrected chi connectivity index (χ3v) is 8.16. The van der Waals surface area contributed by atoms with Crippen LogP contribution in [-0.2, 0) is 14.8 Å². The van der Waals surface area contributed by atoms with Crippen LogP contribution in [-0.4, -0.2) is 49.7 Å². The predicted octanol–water partition coefficient (Wildman–Crippen LogP) is 4.72. The van der Waals surface area contributed by atoms with E-state index in [1.165, 1.54) is 22.1 Å². The van der Waals surface area contributed by atoms with Crippen LogP contribution in [0.3, 0.4) is 0 Å². The van der Waals surface area contributed by atoms with Gasteiger partial charge in [-0.2, -0.15) is 4.31 Å². The summed E-state index contributed by atoms with van der Waals surface area (Å²) in [4.78, 5) is 13.7. The molecule has 0 aromatic heterocycles. The van der Waals surface area contributed by atoms with Crippen molar-refractivity contribution in [3.63, 3.8) is 0 Å². The average molecular weight is 477 g/mol. The minimum Gasteiger partial charge on any atom is -0.478 e. The predicted molar refractivity (Wildman–Crippen MR) is 127 cm³/mol. The lowest BCUT2D eigenvalue weighted by molar-refractivity contribution is -0.131. The largest absolute Gasteiger partial charge is 0.478 e. The molecule has 1 heterocycles. The molecule has 0 bridgehead atoms. The van der Waals surface area contributed by atoms with Crippen molar-refractivity contribution in [2.75, 3.05) is 24.7 Å². The SMILES string of the molecule is CCCCC1CN(c2ccccc2)c2cc(SC)c(O/C=C/C(=O)O)cc2S(=O)(=O)N1C. The molecule has 9 heteroatoms. The van der Waals surface area contributed by atoms with Crippen molar-refractivity contribution in [1.82, 2.24) is 4.31 Å². The number of unbranched alkanes of at least 4 members (excludes halogenated alkanes) is 1. The van der Waals surface area contributed by atoms with Crippen LogP contribution in [0.5, 0.6) is 5.75 Å². The summed E-state index contributed by atoms with van der Waals surface area (Å²) >= 11 is 1.41. The number of ether oxygens (including phenoxy) is 1. The van der Waals surface area contributed by atoms with Crippen LogP contribution >= 0.6 is 11.8 Å². The summed E-state index contributed by atoms with van der Waals surface area (Å²) in [6, 6.07) is 12.8. The van der Waals surface area contributed by atoms with Crippen molar-refractivity contribution >= 4 is 39.1 Å². The highest BCUT2D eigenvalue weighted by molar-refractivity contribution is 7.98. The first-order chi connectivity index (χ1) is 15.3. The second-order valence-electron chi connectivity index (χ2n) is 7.49. The topological polar surface area (TPSA) is 87.1 Å². The molecular formula is C23H28N2O5S2. The van der Waals surface area contributed by atoms with Gasteiger partial charge in [0.2, 0.25) is 10.0 Å². The zero-order valence-corrected chi connectivity index (χ0v) is 20.0. The molecule has 1 aliphatic rings. The first kappa shape index (κ1) is 24.2. The Bertz CT molecular complexity index is 1090. The fourth-order valence-corrected chi connectivity index (χ4v) is 5.81. The van der Waals surface area contributed by atoms with Gasteiger partial charge in [-0.1, -0.05) is 38.0 Å². The van der Waals surface area contributed by atoms with E-state index in [4.69, 9.17) is 9.84 Å². The van der Waals surface area contributed by atoms with E-state index in [2.05, 4.69) is 6.92 Å². The van der Waals surface area contributed by atoms with Crippen LogP contribution in [0.15, 0.2) is 64.6 Å². The number of carboxylic acid groups (broad SMARTS) is 1. The van der Waals surface area contributed by atoms with Crippen LogP contribution < -0.4 is 9.64 Å². The average Bonchev–Trinajstić information content (AvgIpc) is 2.86. The normalized spacial score (nSPS) is 18.3. The molecule has 0 spiro atoms. The molecular weight excluding hydrogens is 448 g/mol. The van der Waals surface area contributed by atoms with E-state index < -0.39 is 16.0 Å². The summed E-state index contributed by atoms with van der Waals surface area (Å²) in [5, 5.41) is 8.84. The standard InChI is InChI=1S/C23H28N2O5S2/c1-4-5-9-18-16-25(17-10-7-6-8-11-17)19-14-21(31-3)20(30-13-12-23(26)27)15-22(19)32(28,29)24(18)2/h6-8,10-15,18H,4-5,9,16H2,1-3H3,(H,26,27)/b13-12+. The van der Waals surface area contributed by atoms with Gasteiger partial charge in [0.1, 0.15) is 10.6 Å². The molecule has 2 aromatic rings. The molecule has 0 amide bonds. The summed E-state index contributed by atoms with van der Waals surface area (Å²) in [6.07, 6.45) is 6.44. The van der Waals surface area contributed by atoms with Crippen molar-refractivity contribution in [3.8, 4) is 5.75 Å². The van der Waals surface area contributed by atoms with Gasteiger partial charge in [0, 0.05) is 31.4 Å². The molecule has 0 saturated carbocycles. The van der Waals surface area contributed by atoms with Gasteiger partial charge in [0.05, 0.1) is 22.9 Å². The molecule has 3 rings (SSSR count). The Labute approximate surface area is 193 Å². The van der Waals surface area contributed by atoms with E-state index in [9.17, 15) is 13.2 Å². The molecule has 1 aliphatic heterocycles. The van der Waals surface area contributed by atoms with Gasteiger partial charge in [0.15, 0.2) is 0 Å². The summed E-state index contributed by atoms with van der Waals surface area (Å²) < 4.78 is 34.2. The molecule has 2 aromatic carbocycles. The van der Waals surface area contributed by atoms with Crippen molar-refractivity contribution in [1.29, 1.82) is 0 Å². The van der Waals surface area contributed by atoms with Crippen molar-refractivity contribution in [2.24, 2.45) is 0 Å². The second kappa shape index (κ2) is 10.4. The van der Waals surface area contributed by atoms with Crippen LogP contribution in [0.2, 0.25) is 0 Å². The highest BCUT2D eigenvalue weighted by atomic mass is 32.2. The van der Waals surface area contributed by atoms with Crippen LogP contribution in [0, 0.1) is 0 Å². The number of thioether (sulfide) groups is 1. The van der Waals surface area contributed by atoms with E-state index >= 15 is 0 Å². The molecule has 1 atom stereocenters. The second-order valence-corrected chi connectivity index (χ2v) is 10.3. The lowest BCUT2D eigenvalue weighted by Crippen LogP contribution is -2.40. The zero-order chi connectivity index (χ0) is 23.3. The lowest BCUT2D eigenvalue weighted by atomic mass is 10.1. The number of likely N-dealkylation sites (N-methyl/N-ethyl adjacent to an activating group) is 1. The van der Waals surface area contributed by atoms with Gasteiger partial charge in [0.25, 0.3) is 0 Å². The van der Waals surface area contributed by atoms with E-state index in [1.54, 1.807) is 7.05 Å². The molecule has 0 saturated heterocycles. The number of hydrogen-bond acceptors (Lipinski definition) is 6. The maximum atomic E-state index is 13.6. The Hall–Kier alpha value is -2.49. The minimum absolute atomic E-state index is 0.138. The third kappa shape index (κ3) is 5.11. The lowest BCUT2D eigenvalue weighted by Gasteiger charge is -2.29. The Kier molecular flexibility index (Phi) is 7.86. The third-order valence-electron chi connectivity index (χ3n) is 5.46. The number of fused-ring (bicyclic) bond motifs is 1. The summed E-state index contributed by atoms with van der Waals surface area (Å²) in [6.45, 7) is 2.62. The van der Waals surface area contributed by atoms with Crippen molar-refractivity contribution in [2.45, 2.75) is 42.0 Å². The fraction of sp³-hybridized carbons (Fsp3) is 0.348. The van der Waals surface area contributed by atoms with Crippen LogP contribution in [0.1, 0.15) is 26.2 Å². The van der Waals surface area contributed by atoms with Gasteiger partial charge < -0.3 is 14.7 Å². The van der Waals surface area contributed by atoms with E-state index in [0.29, 0.717) is 22.9 Å². The van der Waals surface area contributed by atoms with E-state index in [0.717, 1.165) is 37.3 Å². The van der Waals surface area contributed by atoms with Crippen LogP contribution in [0.25, 0.3) is 0 Å². The zero-order valence-electron chi connectivity index (χ0n) is 18.4. The highest BCUT2D eigenvalue weighted by Crippen LogP contribution is 2.43. The Morgan fingerprint density at radius 1 is 1.28 bits per heavy atom. The number of anilines is 2. The van der Waals surface area contributed by atoms with Crippen molar-refractivity contribution < 1.29 is 23.1 Å². The summed E-state index contributed by atoms with van der Waals surface area (Å²) in [5.41, 5.74) is 1.49. The van der Waals surface area contributed by atoms with Gasteiger partial charge >= 0.3 is 5.97 Å².